The van der Waals surface area contributed by atoms with Crippen LogP contribution in [0.4, 0.5) is 0 Å². The van der Waals surface area contributed by atoms with Crippen LogP contribution < -0.4 is 11.5 Å². The molecule has 74 valence electrons. The van der Waals surface area contributed by atoms with Crippen LogP contribution in [-0.4, -0.2) is 34.5 Å². The molecule has 0 spiro atoms. The Morgan fingerprint density at radius 3 is 1.83 bits per heavy atom. The topological polar surface area (TPSA) is 70.5 Å². The van der Waals surface area contributed by atoms with Crippen molar-refractivity contribution in [3.63, 3.8) is 0 Å². The van der Waals surface area contributed by atoms with Crippen LogP contribution in [0.5, 0.6) is 0 Å². The molecule has 1 unspecified atom stereocenters. The average Bonchev–Trinajstić information content (AvgIpc) is 2.15. The van der Waals surface area contributed by atoms with Gasteiger partial charge in [0.15, 0.2) is 0 Å². The lowest BCUT2D eigenvalue weighted by atomic mass is 10.2. The maximum atomic E-state index is 6.08. The third-order valence-corrected chi connectivity index (χ3v) is 6.60. The molecular weight excluding hydrogens is 172 g/mol. The lowest BCUT2D eigenvalue weighted by molar-refractivity contribution is 0.211. The SMILES string of the molecule is CCC(N)(CN)[Si](C)(OC)OC. The van der Waals surface area contributed by atoms with Crippen LogP contribution in [0.3, 0.4) is 0 Å². The van der Waals surface area contributed by atoms with Gasteiger partial charge in [-0.15, -0.1) is 0 Å². The van der Waals surface area contributed by atoms with E-state index in [9.17, 15) is 0 Å². The van der Waals surface area contributed by atoms with E-state index in [1.54, 1.807) is 14.2 Å². The normalized spacial score (nSPS) is 17.5. The summed E-state index contributed by atoms with van der Waals surface area (Å²) in [5.41, 5.74) is 11.7. The van der Waals surface area contributed by atoms with Gasteiger partial charge >= 0.3 is 8.56 Å². The lowest BCUT2D eigenvalue weighted by Gasteiger charge is -2.39. The number of hydrogen-bond donors (Lipinski definition) is 2. The molecule has 0 saturated carbocycles. The summed E-state index contributed by atoms with van der Waals surface area (Å²) in [5.74, 6) is 0. The highest BCUT2D eigenvalue weighted by atomic mass is 28.4. The molecule has 0 radical (unpaired) electrons. The van der Waals surface area contributed by atoms with Gasteiger partial charge in [-0.05, 0) is 13.0 Å². The van der Waals surface area contributed by atoms with Crippen LogP contribution in [0.1, 0.15) is 13.3 Å². The Morgan fingerprint density at radius 1 is 1.33 bits per heavy atom. The van der Waals surface area contributed by atoms with E-state index in [2.05, 4.69) is 0 Å². The van der Waals surface area contributed by atoms with Crippen molar-refractivity contribution in [1.29, 1.82) is 0 Å². The quantitative estimate of drug-likeness (QED) is 0.600. The van der Waals surface area contributed by atoms with Crippen molar-refractivity contribution in [3.8, 4) is 0 Å². The zero-order chi connectivity index (χ0) is 9.83. The van der Waals surface area contributed by atoms with Crippen LogP contribution in [0.2, 0.25) is 6.55 Å². The Labute approximate surface area is 75.5 Å². The first-order valence-electron chi connectivity index (χ1n) is 4.09. The first-order chi connectivity index (χ1) is 5.49. The standard InChI is InChI=1S/C7H20N2O2Si/c1-5-7(9,6-8)12(4,10-2)11-3/h5-6,8-9H2,1-4H3. The molecule has 0 bridgehead atoms. The monoisotopic (exact) mass is 192 g/mol. The molecule has 0 aromatic rings. The van der Waals surface area contributed by atoms with Crippen molar-refractivity contribution in [2.75, 3.05) is 20.8 Å². The summed E-state index contributed by atoms with van der Waals surface area (Å²) in [6.45, 7) is 4.33. The summed E-state index contributed by atoms with van der Waals surface area (Å²) in [7, 11) is 0.957. The van der Waals surface area contributed by atoms with Crippen molar-refractivity contribution in [2.24, 2.45) is 11.5 Å². The van der Waals surface area contributed by atoms with Crippen molar-refractivity contribution in [2.45, 2.75) is 25.1 Å². The van der Waals surface area contributed by atoms with Crippen LogP contribution in [-0.2, 0) is 8.85 Å². The first kappa shape index (κ1) is 12.1. The second-order valence-corrected chi connectivity index (χ2v) is 6.77. The van der Waals surface area contributed by atoms with Crippen molar-refractivity contribution in [3.05, 3.63) is 0 Å². The molecular formula is C7H20N2O2Si. The zero-order valence-corrected chi connectivity index (χ0v) is 9.39. The molecule has 1 atom stereocenters. The predicted molar refractivity (Wildman–Crippen MR) is 51.9 cm³/mol. The minimum absolute atomic E-state index is 0.397. The lowest BCUT2D eigenvalue weighted by Crippen LogP contribution is -2.68. The fourth-order valence-corrected chi connectivity index (χ4v) is 3.13. The van der Waals surface area contributed by atoms with E-state index in [-0.39, 0.29) is 0 Å². The van der Waals surface area contributed by atoms with Gasteiger partial charge in [0.05, 0.1) is 5.16 Å². The van der Waals surface area contributed by atoms with Crippen molar-refractivity contribution >= 4 is 8.56 Å². The molecule has 0 aromatic heterocycles. The second-order valence-electron chi connectivity index (χ2n) is 3.07. The first-order valence-corrected chi connectivity index (χ1v) is 6.40. The van der Waals surface area contributed by atoms with Gasteiger partial charge in [-0.25, -0.2) is 0 Å². The third-order valence-electron chi connectivity index (χ3n) is 2.68. The molecule has 4 nitrogen and oxygen atoms in total. The molecule has 0 amide bonds. The van der Waals surface area contributed by atoms with Crippen LogP contribution >= 0.6 is 0 Å². The highest BCUT2D eigenvalue weighted by Gasteiger charge is 2.48. The fourth-order valence-electron chi connectivity index (χ4n) is 1.14. The van der Waals surface area contributed by atoms with Gasteiger partial charge in [0, 0.05) is 20.8 Å². The number of hydrogen-bond acceptors (Lipinski definition) is 4. The molecule has 0 saturated heterocycles. The summed E-state index contributed by atoms with van der Waals surface area (Å²) in [6.07, 6.45) is 0.772. The minimum Gasteiger partial charge on any atom is -0.397 e. The Hall–Kier alpha value is 0.0569. The van der Waals surface area contributed by atoms with Gasteiger partial charge in [-0.3, -0.25) is 0 Å². The van der Waals surface area contributed by atoms with Gasteiger partial charge < -0.3 is 20.3 Å². The summed E-state index contributed by atoms with van der Waals surface area (Å²) in [5, 5.41) is -0.490. The fraction of sp³-hybridized carbons (Fsp3) is 1.00. The Bertz CT molecular complexity index is 119. The van der Waals surface area contributed by atoms with Gasteiger partial charge in [0.1, 0.15) is 0 Å². The Balaban J connectivity index is 4.66. The summed E-state index contributed by atoms with van der Waals surface area (Å²) >= 11 is 0. The van der Waals surface area contributed by atoms with Crippen LogP contribution in [0, 0.1) is 0 Å². The Morgan fingerprint density at radius 2 is 1.75 bits per heavy atom. The van der Waals surface area contributed by atoms with Gasteiger partial charge in [-0.2, -0.15) is 0 Å². The molecule has 0 fully saturated rings. The average molecular weight is 192 g/mol. The minimum atomic E-state index is -2.30. The predicted octanol–water partition coefficient (Wildman–Crippen LogP) is -0.0434. The van der Waals surface area contributed by atoms with E-state index in [0.717, 1.165) is 6.42 Å². The number of rotatable bonds is 5. The highest BCUT2D eigenvalue weighted by molar-refractivity contribution is 6.69. The van der Waals surface area contributed by atoms with Gasteiger partial charge in [0.25, 0.3) is 0 Å². The molecule has 0 aliphatic carbocycles. The van der Waals surface area contributed by atoms with Crippen LogP contribution in [0.15, 0.2) is 0 Å². The van der Waals surface area contributed by atoms with Crippen molar-refractivity contribution < 1.29 is 8.85 Å². The largest absolute Gasteiger partial charge is 0.397 e. The summed E-state index contributed by atoms with van der Waals surface area (Å²) < 4.78 is 10.7. The molecule has 0 aromatic carbocycles. The third kappa shape index (κ3) is 1.86. The maximum absolute atomic E-state index is 6.08. The van der Waals surface area contributed by atoms with E-state index in [0.29, 0.717) is 6.54 Å². The molecule has 4 N–H and O–H groups in total. The van der Waals surface area contributed by atoms with Gasteiger partial charge in [0.2, 0.25) is 0 Å². The van der Waals surface area contributed by atoms with E-state index in [1.807, 2.05) is 13.5 Å². The van der Waals surface area contributed by atoms with Crippen molar-refractivity contribution in [1.82, 2.24) is 0 Å². The summed E-state index contributed by atoms with van der Waals surface area (Å²) in [6, 6.07) is 0. The molecule has 5 heteroatoms. The van der Waals surface area contributed by atoms with E-state index in [4.69, 9.17) is 20.3 Å². The van der Waals surface area contributed by atoms with Crippen LogP contribution in [0.25, 0.3) is 0 Å². The second kappa shape index (κ2) is 4.34. The molecule has 0 aliphatic rings. The smallest absolute Gasteiger partial charge is 0.356 e. The van der Waals surface area contributed by atoms with Gasteiger partial charge in [-0.1, -0.05) is 6.92 Å². The Kier molecular flexibility index (Phi) is 4.36. The highest BCUT2D eigenvalue weighted by Crippen LogP contribution is 2.21. The number of nitrogens with two attached hydrogens (primary N) is 2. The zero-order valence-electron chi connectivity index (χ0n) is 8.39. The maximum Gasteiger partial charge on any atom is 0.356 e. The van der Waals surface area contributed by atoms with E-state index < -0.39 is 13.7 Å². The summed E-state index contributed by atoms with van der Waals surface area (Å²) in [4.78, 5) is 0. The van der Waals surface area contributed by atoms with E-state index in [1.165, 1.54) is 0 Å². The molecule has 0 rings (SSSR count). The molecule has 0 heterocycles. The molecule has 12 heavy (non-hydrogen) atoms. The van der Waals surface area contributed by atoms with E-state index >= 15 is 0 Å². The molecule has 0 aliphatic heterocycles.